The highest BCUT2D eigenvalue weighted by molar-refractivity contribution is 7.99. The maximum atomic E-state index is 12.5. The van der Waals surface area contributed by atoms with Crippen LogP contribution in [0.3, 0.4) is 0 Å². The first kappa shape index (κ1) is 19.0. The first-order valence-corrected chi connectivity index (χ1v) is 8.36. The molecule has 0 aliphatic carbocycles. The average molecular weight is 370 g/mol. The molecule has 0 unspecified atom stereocenters. The van der Waals surface area contributed by atoms with Crippen LogP contribution in [0, 0.1) is 6.92 Å². The molecule has 0 aliphatic rings. The van der Waals surface area contributed by atoms with Gasteiger partial charge in [-0.05, 0) is 24.6 Å². The predicted molar refractivity (Wildman–Crippen MR) is 89.0 cm³/mol. The molecule has 134 valence electrons. The summed E-state index contributed by atoms with van der Waals surface area (Å²) in [4.78, 5) is 11.9. The number of hydrogen-bond donors (Lipinski definition) is 1. The largest absolute Gasteiger partial charge is 0.416 e. The van der Waals surface area contributed by atoms with Crippen LogP contribution in [0.2, 0.25) is 0 Å². The third-order valence-corrected chi connectivity index (χ3v) is 4.28. The fourth-order valence-corrected chi connectivity index (χ4v) is 2.82. The predicted octanol–water partition coefficient (Wildman–Crippen LogP) is 3.20. The van der Waals surface area contributed by atoms with Crippen molar-refractivity contribution in [2.45, 2.75) is 31.3 Å². The summed E-state index contributed by atoms with van der Waals surface area (Å²) < 4.78 is 39.3. The normalized spacial score (nSPS) is 11.4. The van der Waals surface area contributed by atoms with Gasteiger partial charge in [0.05, 0.1) is 11.3 Å². The number of allylic oxidation sites excluding steroid dienone is 1. The number of amides is 1. The lowest BCUT2D eigenvalue weighted by atomic mass is 10.1. The number of benzene rings is 1. The molecular weight excluding hydrogens is 353 g/mol. The van der Waals surface area contributed by atoms with Crippen molar-refractivity contribution in [3.63, 3.8) is 0 Å². The van der Waals surface area contributed by atoms with Crippen molar-refractivity contribution >= 4 is 17.7 Å². The third kappa shape index (κ3) is 5.35. The monoisotopic (exact) mass is 370 g/mol. The highest BCUT2D eigenvalue weighted by Crippen LogP contribution is 2.29. The molecule has 2 rings (SSSR count). The molecule has 5 nitrogen and oxygen atoms in total. The molecule has 0 spiro atoms. The second kappa shape index (κ2) is 8.19. The Kier molecular flexibility index (Phi) is 6.24. The van der Waals surface area contributed by atoms with Gasteiger partial charge in [-0.15, -0.1) is 16.8 Å². The quantitative estimate of drug-likeness (QED) is 0.601. The number of carbonyl (C=O) groups excluding carboxylic acids is 1. The summed E-state index contributed by atoms with van der Waals surface area (Å²) in [5.74, 6) is 0.624. The van der Waals surface area contributed by atoms with Crippen molar-refractivity contribution in [1.82, 2.24) is 20.1 Å². The number of aryl methyl sites for hydroxylation is 1. The molecular formula is C16H17F3N4OS. The number of hydrogen-bond acceptors (Lipinski definition) is 4. The second-order valence-electron chi connectivity index (χ2n) is 5.19. The minimum Gasteiger partial charge on any atom is -0.351 e. The molecule has 0 atom stereocenters. The second-order valence-corrected chi connectivity index (χ2v) is 6.13. The Morgan fingerprint density at radius 3 is 2.60 bits per heavy atom. The summed E-state index contributed by atoms with van der Waals surface area (Å²) in [6, 6.07) is 4.69. The van der Waals surface area contributed by atoms with Gasteiger partial charge in [0.15, 0.2) is 5.16 Å². The van der Waals surface area contributed by atoms with Crippen molar-refractivity contribution in [1.29, 1.82) is 0 Å². The zero-order chi connectivity index (χ0) is 18.4. The van der Waals surface area contributed by atoms with Crippen molar-refractivity contribution < 1.29 is 18.0 Å². The molecule has 0 aliphatic heterocycles. The number of aromatic nitrogens is 3. The Balaban J connectivity index is 1.84. The number of rotatable bonds is 7. The van der Waals surface area contributed by atoms with Crippen molar-refractivity contribution in [3.05, 3.63) is 53.9 Å². The number of halogens is 3. The summed E-state index contributed by atoms with van der Waals surface area (Å²) in [7, 11) is 0. The van der Waals surface area contributed by atoms with Crippen LogP contribution < -0.4 is 5.32 Å². The van der Waals surface area contributed by atoms with Crippen LogP contribution in [0.4, 0.5) is 13.2 Å². The average Bonchev–Trinajstić information content (AvgIpc) is 2.91. The van der Waals surface area contributed by atoms with Gasteiger partial charge in [0, 0.05) is 13.1 Å². The Labute approximate surface area is 147 Å². The molecule has 0 radical (unpaired) electrons. The van der Waals surface area contributed by atoms with Crippen LogP contribution in [0.15, 0.2) is 42.1 Å². The van der Waals surface area contributed by atoms with Gasteiger partial charge in [-0.1, -0.05) is 30.0 Å². The van der Waals surface area contributed by atoms with E-state index in [-0.39, 0.29) is 18.2 Å². The third-order valence-electron chi connectivity index (χ3n) is 3.32. The maximum Gasteiger partial charge on any atom is 0.416 e. The summed E-state index contributed by atoms with van der Waals surface area (Å²) in [6.07, 6.45) is -2.65. The number of nitrogens with one attached hydrogen (secondary N) is 1. The van der Waals surface area contributed by atoms with Crippen molar-refractivity contribution in [3.8, 4) is 0 Å². The van der Waals surface area contributed by atoms with Gasteiger partial charge in [0.25, 0.3) is 0 Å². The molecule has 1 aromatic heterocycles. The van der Waals surface area contributed by atoms with Crippen LogP contribution in [0.25, 0.3) is 0 Å². The van der Waals surface area contributed by atoms with Crippen LogP contribution in [-0.4, -0.2) is 26.4 Å². The maximum absolute atomic E-state index is 12.5. The molecule has 25 heavy (non-hydrogen) atoms. The van der Waals surface area contributed by atoms with Gasteiger partial charge in [0.1, 0.15) is 5.82 Å². The number of nitrogens with zero attached hydrogens (tertiary/aromatic N) is 3. The molecule has 0 fully saturated rings. The zero-order valence-corrected chi connectivity index (χ0v) is 14.3. The first-order valence-electron chi connectivity index (χ1n) is 7.37. The molecule has 0 bridgehead atoms. The standard InChI is InChI=1S/C16H17F3N4OS/c1-3-8-23-11(2)21-22-15(23)25-10-14(24)20-9-12-4-6-13(7-5-12)16(17,18)19/h3-7H,1,8-10H2,2H3,(H,20,24). The first-order chi connectivity index (χ1) is 11.8. The van der Waals surface area contributed by atoms with Crippen molar-refractivity contribution in [2.24, 2.45) is 0 Å². The molecule has 1 aromatic carbocycles. The lowest BCUT2D eigenvalue weighted by Crippen LogP contribution is -2.24. The van der Waals surface area contributed by atoms with Crippen molar-refractivity contribution in [2.75, 3.05) is 5.75 Å². The van der Waals surface area contributed by atoms with E-state index in [9.17, 15) is 18.0 Å². The fraction of sp³-hybridized carbons (Fsp3) is 0.312. The van der Waals surface area contributed by atoms with Gasteiger partial charge in [-0.25, -0.2) is 0 Å². The Hall–Kier alpha value is -2.29. The van der Waals surface area contributed by atoms with Gasteiger partial charge in [0.2, 0.25) is 5.91 Å². The summed E-state index contributed by atoms with van der Waals surface area (Å²) >= 11 is 1.24. The number of thioether (sulfide) groups is 1. The Morgan fingerprint density at radius 2 is 2.00 bits per heavy atom. The number of carbonyl (C=O) groups is 1. The minimum absolute atomic E-state index is 0.135. The van der Waals surface area contributed by atoms with Gasteiger partial charge >= 0.3 is 6.18 Å². The van der Waals surface area contributed by atoms with Crippen LogP contribution in [0.1, 0.15) is 17.0 Å². The number of alkyl halides is 3. The summed E-state index contributed by atoms with van der Waals surface area (Å²) in [6.45, 7) is 6.19. The van der Waals surface area contributed by atoms with E-state index in [0.717, 1.165) is 18.0 Å². The van der Waals surface area contributed by atoms with E-state index >= 15 is 0 Å². The van der Waals surface area contributed by atoms with E-state index in [2.05, 4.69) is 22.1 Å². The highest BCUT2D eigenvalue weighted by atomic mass is 32.2. The lowest BCUT2D eigenvalue weighted by Gasteiger charge is -2.09. The van der Waals surface area contributed by atoms with E-state index < -0.39 is 11.7 Å². The summed E-state index contributed by atoms with van der Waals surface area (Å²) in [5, 5.41) is 11.2. The summed E-state index contributed by atoms with van der Waals surface area (Å²) in [5.41, 5.74) is -0.118. The lowest BCUT2D eigenvalue weighted by molar-refractivity contribution is -0.137. The fourth-order valence-electron chi connectivity index (χ4n) is 2.00. The highest BCUT2D eigenvalue weighted by Gasteiger charge is 2.29. The Morgan fingerprint density at radius 1 is 1.32 bits per heavy atom. The van der Waals surface area contributed by atoms with Gasteiger partial charge in [-0.2, -0.15) is 13.2 Å². The Bertz CT molecular complexity index is 741. The zero-order valence-electron chi connectivity index (χ0n) is 13.5. The van der Waals surface area contributed by atoms with E-state index in [1.165, 1.54) is 23.9 Å². The van der Waals surface area contributed by atoms with E-state index in [1.807, 2.05) is 11.5 Å². The smallest absolute Gasteiger partial charge is 0.351 e. The minimum atomic E-state index is -4.36. The van der Waals surface area contributed by atoms with Gasteiger partial charge < -0.3 is 9.88 Å². The molecule has 1 amide bonds. The topological polar surface area (TPSA) is 59.8 Å². The molecule has 1 N–H and O–H groups in total. The van der Waals surface area contributed by atoms with E-state index in [1.54, 1.807) is 6.08 Å². The van der Waals surface area contributed by atoms with Crippen LogP contribution in [-0.2, 0) is 24.1 Å². The van der Waals surface area contributed by atoms with Gasteiger partial charge in [-0.3, -0.25) is 4.79 Å². The SMILES string of the molecule is C=CCn1c(C)nnc1SCC(=O)NCc1ccc(C(F)(F)F)cc1. The molecule has 0 saturated heterocycles. The van der Waals surface area contributed by atoms with E-state index in [0.29, 0.717) is 17.3 Å². The molecule has 1 heterocycles. The van der Waals surface area contributed by atoms with Crippen LogP contribution >= 0.6 is 11.8 Å². The van der Waals surface area contributed by atoms with E-state index in [4.69, 9.17) is 0 Å². The molecule has 2 aromatic rings. The molecule has 0 saturated carbocycles. The molecule has 9 heteroatoms. The van der Waals surface area contributed by atoms with Crippen LogP contribution in [0.5, 0.6) is 0 Å².